The first kappa shape index (κ1) is 9.91. The van der Waals surface area contributed by atoms with E-state index in [1.165, 1.54) is 24.8 Å². The largest absolute Gasteiger partial charge is 0.336 e. The van der Waals surface area contributed by atoms with Crippen molar-refractivity contribution in [3.05, 3.63) is 36.4 Å². The van der Waals surface area contributed by atoms with E-state index in [0.29, 0.717) is 11.6 Å². The maximum absolute atomic E-state index is 12.0. The lowest BCUT2D eigenvalue weighted by Gasteiger charge is -2.08. The van der Waals surface area contributed by atoms with Crippen LogP contribution >= 0.6 is 0 Å². The molecule has 0 spiro atoms. The van der Waals surface area contributed by atoms with E-state index in [9.17, 15) is 8.42 Å². The van der Waals surface area contributed by atoms with Crippen molar-refractivity contribution in [3.8, 4) is 0 Å². The van der Waals surface area contributed by atoms with Crippen molar-refractivity contribution in [1.29, 1.82) is 0 Å². The van der Waals surface area contributed by atoms with Crippen molar-refractivity contribution in [1.82, 2.24) is 17.9 Å². The minimum Gasteiger partial charge on any atom is -0.241 e. The zero-order chi connectivity index (χ0) is 11.1. The molecular formula is C8H10N4O2S. The van der Waals surface area contributed by atoms with Crippen LogP contribution in [-0.2, 0) is 10.2 Å². The third kappa shape index (κ3) is 1.44. The van der Waals surface area contributed by atoms with Gasteiger partial charge < -0.3 is 0 Å². The maximum atomic E-state index is 12.0. The van der Waals surface area contributed by atoms with Gasteiger partial charge in [-0.3, -0.25) is 0 Å². The first-order valence-corrected chi connectivity index (χ1v) is 5.69. The van der Waals surface area contributed by atoms with Gasteiger partial charge in [0, 0.05) is 24.8 Å². The van der Waals surface area contributed by atoms with E-state index < -0.39 is 10.2 Å². The highest BCUT2D eigenvalue weighted by Gasteiger charge is 2.18. The lowest BCUT2D eigenvalue weighted by molar-refractivity contribution is 0.575. The van der Waals surface area contributed by atoms with Gasteiger partial charge in [-0.2, -0.15) is 8.42 Å². The Morgan fingerprint density at radius 2 is 1.40 bits per heavy atom. The predicted molar refractivity (Wildman–Crippen MR) is 53.6 cm³/mol. The molecule has 0 aliphatic rings. The van der Waals surface area contributed by atoms with Gasteiger partial charge in [-0.15, -0.1) is 0 Å². The molecule has 15 heavy (non-hydrogen) atoms. The Morgan fingerprint density at radius 1 is 1.00 bits per heavy atom. The van der Waals surface area contributed by atoms with E-state index in [1.54, 1.807) is 13.8 Å². The number of aromatic nitrogens is 4. The molecule has 0 saturated carbocycles. The van der Waals surface area contributed by atoms with Crippen LogP contribution in [0, 0.1) is 13.8 Å². The number of aryl methyl sites for hydroxylation is 2. The van der Waals surface area contributed by atoms with Crippen LogP contribution in [0.4, 0.5) is 0 Å². The minimum atomic E-state index is -3.61. The molecule has 0 N–H and O–H groups in total. The molecule has 0 saturated heterocycles. The monoisotopic (exact) mass is 226 g/mol. The van der Waals surface area contributed by atoms with Crippen molar-refractivity contribution in [3.63, 3.8) is 0 Å². The average Bonchev–Trinajstić information content (AvgIpc) is 2.73. The third-order valence-electron chi connectivity index (χ3n) is 2.06. The molecule has 2 aromatic heterocycles. The summed E-state index contributed by atoms with van der Waals surface area (Å²) in [5.41, 5.74) is 0. The number of hydrogen-bond donors (Lipinski definition) is 0. The topological polar surface area (TPSA) is 69.8 Å². The lowest BCUT2D eigenvalue weighted by Crippen LogP contribution is -2.22. The molecule has 0 aliphatic carbocycles. The second-order valence-electron chi connectivity index (χ2n) is 3.05. The fraction of sp³-hybridized carbons (Fsp3) is 0.250. The molecule has 2 heterocycles. The Bertz CT molecular complexity index is 535. The normalized spacial score (nSPS) is 11.9. The average molecular weight is 226 g/mol. The van der Waals surface area contributed by atoms with Crippen LogP contribution in [0.1, 0.15) is 11.6 Å². The van der Waals surface area contributed by atoms with Crippen molar-refractivity contribution in [2.45, 2.75) is 13.8 Å². The number of hydrogen-bond acceptors (Lipinski definition) is 4. The predicted octanol–water partition coefficient (Wildman–Crippen LogP) is 0.338. The van der Waals surface area contributed by atoms with E-state index in [0.717, 1.165) is 7.94 Å². The van der Waals surface area contributed by atoms with Crippen LogP contribution in [0.5, 0.6) is 0 Å². The summed E-state index contributed by atoms with van der Waals surface area (Å²) in [6, 6.07) is 0. The van der Waals surface area contributed by atoms with Gasteiger partial charge in [0.15, 0.2) is 0 Å². The van der Waals surface area contributed by atoms with Gasteiger partial charge in [-0.05, 0) is 13.8 Å². The van der Waals surface area contributed by atoms with E-state index in [1.807, 2.05) is 0 Å². The summed E-state index contributed by atoms with van der Waals surface area (Å²) in [4.78, 5) is 7.75. The molecule has 6 nitrogen and oxygen atoms in total. The van der Waals surface area contributed by atoms with Crippen LogP contribution in [0.3, 0.4) is 0 Å². The fourth-order valence-corrected chi connectivity index (χ4v) is 2.68. The van der Waals surface area contributed by atoms with Gasteiger partial charge in [0.25, 0.3) is 0 Å². The summed E-state index contributed by atoms with van der Waals surface area (Å²) in [7, 11) is -3.61. The van der Waals surface area contributed by atoms with Crippen molar-refractivity contribution < 1.29 is 8.42 Å². The molecule has 2 aromatic rings. The third-order valence-corrected chi connectivity index (χ3v) is 3.83. The van der Waals surface area contributed by atoms with Crippen LogP contribution in [0.25, 0.3) is 0 Å². The number of nitrogens with zero attached hydrogens (tertiary/aromatic N) is 4. The summed E-state index contributed by atoms with van der Waals surface area (Å²) in [5.74, 6) is 0.839. The van der Waals surface area contributed by atoms with Crippen molar-refractivity contribution in [2.24, 2.45) is 0 Å². The molecule has 0 atom stereocenters. The smallest absolute Gasteiger partial charge is 0.241 e. The highest BCUT2D eigenvalue weighted by atomic mass is 32.2. The second-order valence-corrected chi connectivity index (χ2v) is 4.73. The summed E-state index contributed by atoms with van der Waals surface area (Å²) < 4.78 is 26.3. The Kier molecular flexibility index (Phi) is 2.11. The Hall–Kier alpha value is -1.63. The molecule has 0 bridgehead atoms. The molecule has 2 rings (SSSR count). The quantitative estimate of drug-likeness (QED) is 0.740. The van der Waals surface area contributed by atoms with Crippen LogP contribution < -0.4 is 0 Å². The van der Waals surface area contributed by atoms with Gasteiger partial charge in [-0.25, -0.2) is 17.9 Å². The van der Waals surface area contributed by atoms with Gasteiger partial charge in [0.2, 0.25) is 0 Å². The van der Waals surface area contributed by atoms with Crippen LogP contribution in [-0.4, -0.2) is 26.3 Å². The molecule has 80 valence electrons. The van der Waals surface area contributed by atoms with E-state index in [2.05, 4.69) is 9.97 Å². The van der Waals surface area contributed by atoms with Crippen LogP contribution in [0.15, 0.2) is 24.8 Å². The molecule has 0 unspecified atom stereocenters. The van der Waals surface area contributed by atoms with Gasteiger partial charge in [0.1, 0.15) is 11.6 Å². The van der Waals surface area contributed by atoms with Gasteiger partial charge in [0.05, 0.1) is 0 Å². The minimum absolute atomic E-state index is 0.420. The molecule has 0 amide bonds. The van der Waals surface area contributed by atoms with Crippen molar-refractivity contribution in [2.75, 3.05) is 0 Å². The first-order valence-electron chi connectivity index (χ1n) is 4.29. The zero-order valence-electron chi connectivity index (χ0n) is 8.32. The fourth-order valence-electron chi connectivity index (χ4n) is 1.32. The molecule has 7 heteroatoms. The maximum Gasteiger partial charge on any atom is 0.336 e. The molecule has 0 aliphatic heterocycles. The summed E-state index contributed by atoms with van der Waals surface area (Å²) in [6.45, 7) is 3.26. The van der Waals surface area contributed by atoms with E-state index in [4.69, 9.17) is 0 Å². The van der Waals surface area contributed by atoms with E-state index in [-0.39, 0.29) is 0 Å². The standard InChI is InChI=1S/C8H10N4O2S/c1-7-9-3-5-11(7)15(13,14)12-6-4-10-8(12)2/h3-6H,1-2H3. The molecular weight excluding hydrogens is 216 g/mol. The summed E-state index contributed by atoms with van der Waals surface area (Å²) >= 11 is 0. The Balaban J connectivity index is 2.64. The highest BCUT2D eigenvalue weighted by molar-refractivity contribution is 7.88. The van der Waals surface area contributed by atoms with Crippen LogP contribution in [0.2, 0.25) is 0 Å². The first-order chi connectivity index (χ1) is 7.03. The second kappa shape index (κ2) is 3.20. The van der Waals surface area contributed by atoms with Crippen molar-refractivity contribution >= 4 is 10.2 Å². The summed E-state index contributed by atoms with van der Waals surface area (Å²) in [5, 5.41) is 0. The zero-order valence-corrected chi connectivity index (χ0v) is 9.14. The lowest BCUT2D eigenvalue weighted by atomic mass is 10.8. The highest BCUT2D eigenvalue weighted by Crippen LogP contribution is 2.08. The molecule has 0 fully saturated rings. The Labute approximate surface area is 87.4 Å². The number of imidazole rings is 2. The Morgan fingerprint density at radius 3 is 1.67 bits per heavy atom. The number of rotatable bonds is 2. The van der Waals surface area contributed by atoms with Gasteiger partial charge >= 0.3 is 10.2 Å². The molecule has 0 aromatic carbocycles. The van der Waals surface area contributed by atoms with Gasteiger partial charge in [-0.1, -0.05) is 0 Å². The molecule has 0 radical (unpaired) electrons. The SMILES string of the molecule is Cc1nccn1S(=O)(=O)n1ccnc1C. The summed E-state index contributed by atoms with van der Waals surface area (Å²) in [6.07, 6.45) is 5.70. The van der Waals surface area contributed by atoms with E-state index >= 15 is 0 Å².